The predicted molar refractivity (Wildman–Crippen MR) is 72.4 cm³/mol. The Hall–Kier alpha value is -1.98. The van der Waals surface area contributed by atoms with Crippen LogP contribution in [-0.2, 0) is 11.2 Å². The second-order valence-electron chi connectivity index (χ2n) is 4.96. The maximum atomic E-state index is 12.0. The molecule has 6 heteroatoms. The molecule has 0 radical (unpaired) electrons. The Balaban J connectivity index is 1.79. The van der Waals surface area contributed by atoms with Crippen LogP contribution in [0.25, 0.3) is 0 Å². The molecule has 2 heterocycles. The summed E-state index contributed by atoms with van der Waals surface area (Å²) in [6, 6.07) is 1.37. The van der Waals surface area contributed by atoms with Crippen molar-refractivity contribution in [1.82, 2.24) is 14.9 Å². The molecule has 1 amide bonds. The minimum atomic E-state index is -1.06. The van der Waals surface area contributed by atoms with Crippen LogP contribution in [0.2, 0.25) is 0 Å². The van der Waals surface area contributed by atoms with Crippen molar-refractivity contribution in [3.63, 3.8) is 0 Å². The molecular weight excluding hydrogens is 258 g/mol. The van der Waals surface area contributed by atoms with Crippen LogP contribution in [0.15, 0.2) is 12.3 Å². The van der Waals surface area contributed by atoms with Gasteiger partial charge in [-0.15, -0.1) is 0 Å². The van der Waals surface area contributed by atoms with Gasteiger partial charge in [0.1, 0.15) is 5.82 Å². The van der Waals surface area contributed by atoms with Crippen molar-refractivity contribution in [2.45, 2.75) is 38.5 Å². The van der Waals surface area contributed by atoms with Crippen LogP contribution in [0.4, 0.5) is 0 Å². The smallest absolute Gasteiger partial charge is 0.354 e. The molecule has 1 N–H and O–H groups in total. The van der Waals surface area contributed by atoms with E-state index in [1.54, 1.807) is 0 Å². The van der Waals surface area contributed by atoms with E-state index < -0.39 is 5.97 Å². The summed E-state index contributed by atoms with van der Waals surface area (Å²) >= 11 is 0. The number of aromatic nitrogens is 2. The minimum Gasteiger partial charge on any atom is -0.477 e. The van der Waals surface area contributed by atoms with Gasteiger partial charge in [0.25, 0.3) is 0 Å². The van der Waals surface area contributed by atoms with E-state index in [-0.39, 0.29) is 11.6 Å². The summed E-state index contributed by atoms with van der Waals surface area (Å²) in [6.07, 6.45) is 6.49. The highest BCUT2D eigenvalue weighted by atomic mass is 16.4. The molecule has 1 saturated heterocycles. The lowest BCUT2D eigenvalue weighted by molar-refractivity contribution is -0.132. The van der Waals surface area contributed by atoms with Crippen LogP contribution in [0, 0.1) is 0 Å². The molecule has 0 spiro atoms. The molecule has 0 aromatic carbocycles. The second kappa shape index (κ2) is 6.98. The van der Waals surface area contributed by atoms with Gasteiger partial charge >= 0.3 is 5.97 Å². The van der Waals surface area contributed by atoms with Gasteiger partial charge in [0.15, 0.2) is 5.69 Å². The van der Waals surface area contributed by atoms with Crippen molar-refractivity contribution in [2.75, 3.05) is 13.1 Å². The summed E-state index contributed by atoms with van der Waals surface area (Å²) in [7, 11) is 0. The number of carboxylic acid groups (broad SMARTS) is 1. The van der Waals surface area contributed by atoms with E-state index >= 15 is 0 Å². The molecule has 0 saturated carbocycles. The van der Waals surface area contributed by atoms with E-state index in [1.807, 2.05) is 4.90 Å². The maximum absolute atomic E-state index is 12.0. The van der Waals surface area contributed by atoms with Gasteiger partial charge < -0.3 is 10.0 Å². The molecule has 0 bridgehead atoms. The molecule has 1 fully saturated rings. The quantitative estimate of drug-likeness (QED) is 0.882. The Bertz CT molecular complexity index is 484. The third-order valence-electron chi connectivity index (χ3n) is 3.42. The maximum Gasteiger partial charge on any atom is 0.354 e. The monoisotopic (exact) mass is 277 g/mol. The number of carboxylic acids is 1. The molecule has 0 unspecified atom stereocenters. The van der Waals surface area contributed by atoms with Crippen LogP contribution in [0.5, 0.6) is 0 Å². The zero-order valence-electron chi connectivity index (χ0n) is 11.4. The van der Waals surface area contributed by atoms with Crippen molar-refractivity contribution in [3.8, 4) is 0 Å². The van der Waals surface area contributed by atoms with E-state index in [0.29, 0.717) is 25.1 Å². The van der Waals surface area contributed by atoms with Gasteiger partial charge in [0.2, 0.25) is 5.91 Å². The number of nitrogens with zero attached hydrogens (tertiary/aromatic N) is 3. The number of carbonyl (C=O) groups excluding carboxylic acids is 1. The van der Waals surface area contributed by atoms with Crippen LogP contribution < -0.4 is 0 Å². The summed E-state index contributed by atoms with van der Waals surface area (Å²) in [5.41, 5.74) is -0.00245. The van der Waals surface area contributed by atoms with Gasteiger partial charge in [0.05, 0.1) is 0 Å². The third kappa shape index (κ3) is 4.01. The average Bonchev–Trinajstić information content (AvgIpc) is 2.48. The van der Waals surface area contributed by atoms with Gasteiger partial charge in [0, 0.05) is 32.1 Å². The number of hydrogen-bond donors (Lipinski definition) is 1. The van der Waals surface area contributed by atoms with Crippen LogP contribution in [-0.4, -0.2) is 44.9 Å². The lowest BCUT2D eigenvalue weighted by Gasteiger charge is -2.26. The van der Waals surface area contributed by atoms with Crippen molar-refractivity contribution >= 4 is 11.9 Å². The Morgan fingerprint density at radius 3 is 2.70 bits per heavy atom. The highest BCUT2D eigenvalue weighted by Gasteiger charge is 2.16. The summed E-state index contributed by atoms with van der Waals surface area (Å²) in [5.74, 6) is -0.395. The topological polar surface area (TPSA) is 83.4 Å². The lowest BCUT2D eigenvalue weighted by atomic mass is 10.1. The standard InChI is InChI=1S/C14H19N3O3/c18-13(17-9-2-1-3-10-17)6-4-5-12-15-8-7-11(16-12)14(19)20/h7-8H,1-6,9-10H2,(H,19,20). The van der Waals surface area contributed by atoms with Gasteiger partial charge in [-0.25, -0.2) is 14.8 Å². The van der Waals surface area contributed by atoms with Crippen molar-refractivity contribution in [1.29, 1.82) is 0 Å². The van der Waals surface area contributed by atoms with E-state index in [1.165, 1.54) is 18.7 Å². The van der Waals surface area contributed by atoms with Crippen molar-refractivity contribution in [2.24, 2.45) is 0 Å². The van der Waals surface area contributed by atoms with Gasteiger partial charge in [-0.05, 0) is 31.7 Å². The second-order valence-corrected chi connectivity index (χ2v) is 4.96. The number of hydrogen-bond acceptors (Lipinski definition) is 4. The molecule has 1 aromatic rings. The first-order chi connectivity index (χ1) is 9.66. The molecule has 1 aliphatic rings. The zero-order chi connectivity index (χ0) is 14.4. The summed E-state index contributed by atoms with van der Waals surface area (Å²) in [4.78, 5) is 32.6. The first kappa shape index (κ1) is 14.4. The van der Waals surface area contributed by atoms with Gasteiger partial charge in [-0.1, -0.05) is 0 Å². The van der Waals surface area contributed by atoms with E-state index in [2.05, 4.69) is 9.97 Å². The molecule has 6 nitrogen and oxygen atoms in total. The Morgan fingerprint density at radius 2 is 2.00 bits per heavy atom. The summed E-state index contributed by atoms with van der Waals surface area (Å²) in [6.45, 7) is 1.73. The fourth-order valence-electron chi connectivity index (χ4n) is 2.34. The normalized spacial score (nSPS) is 15.1. The largest absolute Gasteiger partial charge is 0.477 e. The molecule has 1 aliphatic heterocycles. The highest BCUT2D eigenvalue weighted by molar-refractivity contribution is 5.85. The van der Waals surface area contributed by atoms with Crippen molar-refractivity contribution in [3.05, 3.63) is 23.8 Å². The van der Waals surface area contributed by atoms with Crippen LogP contribution in [0.3, 0.4) is 0 Å². The number of aromatic carboxylic acids is 1. The Kier molecular flexibility index (Phi) is 5.03. The number of carbonyl (C=O) groups is 2. The molecule has 0 aliphatic carbocycles. The Labute approximate surface area is 117 Å². The number of amides is 1. The van der Waals surface area contributed by atoms with Crippen LogP contribution >= 0.6 is 0 Å². The lowest BCUT2D eigenvalue weighted by Crippen LogP contribution is -2.35. The number of aryl methyl sites for hydroxylation is 1. The summed E-state index contributed by atoms with van der Waals surface area (Å²) in [5, 5.41) is 8.84. The molecule has 20 heavy (non-hydrogen) atoms. The van der Waals surface area contributed by atoms with Gasteiger partial charge in [-0.3, -0.25) is 4.79 Å². The highest BCUT2D eigenvalue weighted by Crippen LogP contribution is 2.11. The predicted octanol–water partition coefficient (Wildman–Crippen LogP) is 1.51. The zero-order valence-corrected chi connectivity index (χ0v) is 11.4. The minimum absolute atomic E-state index is 0.00245. The molecule has 1 aromatic heterocycles. The van der Waals surface area contributed by atoms with Crippen molar-refractivity contribution < 1.29 is 14.7 Å². The summed E-state index contributed by atoms with van der Waals surface area (Å²) < 4.78 is 0. The first-order valence-electron chi connectivity index (χ1n) is 7.00. The molecule has 2 rings (SSSR count). The number of likely N-dealkylation sites (tertiary alicyclic amines) is 1. The fraction of sp³-hybridized carbons (Fsp3) is 0.571. The van der Waals surface area contributed by atoms with Gasteiger partial charge in [-0.2, -0.15) is 0 Å². The number of rotatable bonds is 5. The Morgan fingerprint density at radius 1 is 1.25 bits per heavy atom. The average molecular weight is 277 g/mol. The molecular formula is C14H19N3O3. The van der Waals surface area contributed by atoms with E-state index in [9.17, 15) is 9.59 Å². The molecule has 108 valence electrons. The van der Waals surface area contributed by atoms with Crippen LogP contribution in [0.1, 0.15) is 48.4 Å². The molecule has 0 atom stereocenters. The van der Waals surface area contributed by atoms with E-state index in [0.717, 1.165) is 25.9 Å². The van der Waals surface area contributed by atoms with E-state index in [4.69, 9.17) is 5.11 Å². The fourth-order valence-corrected chi connectivity index (χ4v) is 2.34. The SMILES string of the molecule is O=C(O)c1ccnc(CCCC(=O)N2CCCCC2)n1. The first-order valence-corrected chi connectivity index (χ1v) is 7.00. The third-order valence-corrected chi connectivity index (χ3v) is 3.42. The number of piperidine rings is 1.